The van der Waals surface area contributed by atoms with Crippen molar-refractivity contribution >= 4 is 39.3 Å². The smallest absolute Gasteiger partial charge is 0.331 e. The lowest BCUT2D eigenvalue weighted by Gasteiger charge is -1.94. The summed E-state index contributed by atoms with van der Waals surface area (Å²) >= 11 is 4.65. The lowest BCUT2D eigenvalue weighted by Crippen LogP contribution is -1.98. The van der Waals surface area contributed by atoms with Crippen LogP contribution < -0.4 is 0 Å². The number of halogens is 1. The number of rotatable bonds is 3. The Balaban J connectivity index is 2.91. The van der Waals surface area contributed by atoms with E-state index in [2.05, 4.69) is 20.9 Å². The first-order valence-corrected chi connectivity index (χ1v) is 5.35. The van der Waals surface area contributed by atoms with Crippen molar-refractivity contribution in [3.05, 3.63) is 20.6 Å². The molecule has 1 heterocycles. The molecule has 0 aliphatic rings. The Morgan fingerprint density at radius 3 is 2.92 bits per heavy atom. The highest BCUT2D eigenvalue weighted by Crippen LogP contribution is 2.18. The average Bonchev–Trinajstić information content (AvgIpc) is 2.46. The van der Waals surface area contributed by atoms with Gasteiger partial charge in [-0.2, -0.15) is 0 Å². The highest BCUT2D eigenvalue weighted by Gasteiger charge is 2.05. The molecule has 0 saturated heterocycles. The molecule has 1 aromatic heterocycles. The third-order valence-electron chi connectivity index (χ3n) is 1.47. The van der Waals surface area contributed by atoms with Crippen LogP contribution in [0.1, 0.15) is 19.0 Å². The fourth-order valence-corrected chi connectivity index (χ4v) is 1.81. The van der Waals surface area contributed by atoms with E-state index < -0.39 is 5.97 Å². The molecule has 1 N–H and O–H groups in total. The summed E-state index contributed by atoms with van der Waals surface area (Å²) < 4.78 is 0.764. The van der Waals surface area contributed by atoms with Crippen LogP contribution in [0.2, 0.25) is 0 Å². The fraction of sp³-hybridized carbons (Fsp3) is 0.250. The quantitative estimate of drug-likeness (QED) is 0.852. The first kappa shape index (κ1) is 10.4. The molecule has 5 heteroatoms. The summed E-state index contributed by atoms with van der Waals surface area (Å²) in [6, 6.07) is 0. The summed E-state index contributed by atoms with van der Waals surface area (Å²) in [5, 5.41) is 10.5. The molecule has 0 amide bonds. The van der Waals surface area contributed by atoms with Crippen LogP contribution in [0.4, 0.5) is 0 Å². The van der Waals surface area contributed by atoms with Crippen molar-refractivity contribution in [2.45, 2.75) is 13.3 Å². The van der Waals surface area contributed by atoms with E-state index in [4.69, 9.17) is 5.11 Å². The summed E-state index contributed by atoms with van der Waals surface area (Å²) in [5.41, 5.74) is 1.06. The van der Waals surface area contributed by atoms with Crippen molar-refractivity contribution in [3.63, 3.8) is 0 Å². The number of nitrogens with zero attached hydrogens (tertiary/aromatic N) is 1. The number of aliphatic carboxylic acids is 1. The summed E-state index contributed by atoms with van der Waals surface area (Å²) in [6.07, 6.45) is 2.09. The van der Waals surface area contributed by atoms with Gasteiger partial charge in [-0.05, 0) is 28.4 Å². The first-order chi connectivity index (χ1) is 6.13. The Morgan fingerprint density at radius 2 is 2.54 bits per heavy atom. The van der Waals surface area contributed by atoms with Crippen molar-refractivity contribution < 1.29 is 9.90 Å². The molecule has 3 nitrogen and oxygen atoms in total. The normalized spacial score (nSPS) is 11.7. The van der Waals surface area contributed by atoms with Crippen molar-refractivity contribution in [1.82, 2.24) is 4.98 Å². The van der Waals surface area contributed by atoms with Gasteiger partial charge < -0.3 is 5.11 Å². The van der Waals surface area contributed by atoms with Gasteiger partial charge >= 0.3 is 5.97 Å². The zero-order valence-electron chi connectivity index (χ0n) is 6.95. The van der Waals surface area contributed by atoms with Crippen LogP contribution in [0.5, 0.6) is 0 Å². The number of aromatic nitrogens is 1. The van der Waals surface area contributed by atoms with Gasteiger partial charge in [-0.1, -0.05) is 6.92 Å². The first-order valence-electron chi connectivity index (χ1n) is 3.68. The lowest BCUT2D eigenvalue weighted by molar-refractivity contribution is -0.132. The van der Waals surface area contributed by atoms with Gasteiger partial charge in [0.1, 0.15) is 0 Å². The molecule has 0 saturated carbocycles. The Labute approximate surface area is 88.2 Å². The van der Waals surface area contributed by atoms with E-state index in [-0.39, 0.29) is 0 Å². The SMILES string of the molecule is CC/C(=C\c1csc(Br)n1)C(=O)O. The minimum absolute atomic E-state index is 0.373. The molecule has 0 spiro atoms. The number of carboxylic acids is 1. The van der Waals surface area contributed by atoms with E-state index in [1.54, 1.807) is 13.0 Å². The van der Waals surface area contributed by atoms with E-state index >= 15 is 0 Å². The van der Waals surface area contributed by atoms with Crippen LogP contribution in [0.3, 0.4) is 0 Å². The summed E-state index contributed by atoms with van der Waals surface area (Å²) in [4.78, 5) is 14.7. The van der Waals surface area contributed by atoms with Crippen molar-refractivity contribution in [2.75, 3.05) is 0 Å². The molecule has 0 aliphatic heterocycles. The van der Waals surface area contributed by atoms with Crippen LogP contribution in [0, 0.1) is 0 Å². The van der Waals surface area contributed by atoms with Gasteiger partial charge in [0.25, 0.3) is 0 Å². The molecule has 1 rings (SSSR count). The van der Waals surface area contributed by atoms with Crippen molar-refractivity contribution in [3.8, 4) is 0 Å². The van der Waals surface area contributed by atoms with Gasteiger partial charge in [-0.25, -0.2) is 9.78 Å². The Kier molecular flexibility index (Phi) is 3.62. The van der Waals surface area contributed by atoms with Gasteiger partial charge in [-0.15, -0.1) is 11.3 Å². The van der Waals surface area contributed by atoms with Crippen LogP contribution in [-0.2, 0) is 4.79 Å². The second-order valence-corrected chi connectivity index (χ2v) is 4.49. The third kappa shape index (κ3) is 2.93. The lowest BCUT2D eigenvalue weighted by atomic mass is 10.2. The standard InChI is InChI=1S/C8H8BrNO2S/c1-2-5(7(11)12)3-6-4-13-8(9)10-6/h3-4H,2H2,1H3,(H,11,12)/b5-3+. The Hall–Kier alpha value is -0.680. The molecule has 13 heavy (non-hydrogen) atoms. The van der Waals surface area contributed by atoms with E-state index in [9.17, 15) is 4.79 Å². The summed E-state index contributed by atoms with van der Waals surface area (Å²) in [6.45, 7) is 1.81. The van der Waals surface area contributed by atoms with Gasteiger partial charge in [0, 0.05) is 11.0 Å². The monoisotopic (exact) mass is 261 g/mol. The zero-order chi connectivity index (χ0) is 9.84. The predicted molar refractivity (Wildman–Crippen MR) is 55.7 cm³/mol. The number of carbonyl (C=O) groups is 1. The maximum Gasteiger partial charge on any atom is 0.331 e. The van der Waals surface area contributed by atoms with Crippen LogP contribution in [-0.4, -0.2) is 16.1 Å². The number of hydrogen-bond donors (Lipinski definition) is 1. The molecule has 70 valence electrons. The predicted octanol–water partition coefficient (Wildman–Crippen LogP) is 2.78. The van der Waals surface area contributed by atoms with Crippen LogP contribution in [0.15, 0.2) is 14.9 Å². The maximum absolute atomic E-state index is 10.6. The molecule has 0 atom stereocenters. The van der Waals surface area contributed by atoms with E-state index in [0.29, 0.717) is 17.7 Å². The molecular formula is C8H8BrNO2S. The largest absolute Gasteiger partial charge is 0.478 e. The molecule has 0 aromatic carbocycles. The Morgan fingerprint density at radius 1 is 1.85 bits per heavy atom. The average molecular weight is 262 g/mol. The van der Waals surface area contributed by atoms with Crippen molar-refractivity contribution in [2.24, 2.45) is 0 Å². The van der Waals surface area contributed by atoms with Gasteiger partial charge in [-0.3, -0.25) is 0 Å². The minimum Gasteiger partial charge on any atom is -0.478 e. The number of thiazole rings is 1. The minimum atomic E-state index is -0.883. The number of hydrogen-bond acceptors (Lipinski definition) is 3. The number of carboxylic acid groups (broad SMARTS) is 1. The molecular weight excluding hydrogens is 254 g/mol. The van der Waals surface area contributed by atoms with Gasteiger partial charge in [0.2, 0.25) is 0 Å². The maximum atomic E-state index is 10.6. The molecule has 0 aliphatic carbocycles. The summed E-state index contributed by atoms with van der Waals surface area (Å²) in [5.74, 6) is -0.883. The third-order valence-corrected chi connectivity index (χ3v) is 2.85. The van der Waals surface area contributed by atoms with Gasteiger partial charge in [0.15, 0.2) is 3.92 Å². The second-order valence-electron chi connectivity index (χ2n) is 2.35. The van der Waals surface area contributed by atoms with Crippen LogP contribution in [0.25, 0.3) is 6.08 Å². The molecule has 0 fully saturated rings. The van der Waals surface area contributed by atoms with Crippen LogP contribution >= 0.6 is 27.3 Å². The van der Waals surface area contributed by atoms with Crippen molar-refractivity contribution in [1.29, 1.82) is 0 Å². The molecule has 1 aromatic rings. The van der Waals surface area contributed by atoms with E-state index in [1.165, 1.54) is 11.3 Å². The molecule has 0 unspecified atom stereocenters. The highest BCUT2D eigenvalue weighted by molar-refractivity contribution is 9.11. The van der Waals surface area contributed by atoms with Gasteiger partial charge in [0.05, 0.1) is 5.69 Å². The topological polar surface area (TPSA) is 50.2 Å². The summed E-state index contributed by atoms with van der Waals surface area (Å²) in [7, 11) is 0. The fourth-order valence-electron chi connectivity index (χ4n) is 0.823. The van der Waals surface area contributed by atoms with E-state index in [0.717, 1.165) is 3.92 Å². The zero-order valence-corrected chi connectivity index (χ0v) is 9.35. The van der Waals surface area contributed by atoms with E-state index in [1.807, 2.05) is 5.38 Å². The molecule has 0 bridgehead atoms. The Bertz CT molecular complexity index is 346. The second kappa shape index (κ2) is 4.53. The molecule has 0 radical (unpaired) electrons. The highest BCUT2D eigenvalue weighted by atomic mass is 79.9.